The van der Waals surface area contributed by atoms with E-state index in [1.807, 2.05) is 33.8 Å². The highest BCUT2D eigenvalue weighted by molar-refractivity contribution is 6.30. The topological polar surface area (TPSA) is 89.9 Å². The van der Waals surface area contributed by atoms with Gasteiger partial charge in [0.15, 0.2) is 5.65 Å². The second-order valence-corrected chi connectivity index (χ2v) is 7.51. The predicted octanol–water partition coefficient (Wildman–Crippen LogP) is 2.39. The highest BCUT2D eigenvalue weighted by Gasteiger charge is 2.31. The summed E-state index contributed by atoms with van der Waals surface area (Å²) >= 11 is 5.92. The van der Waals surface area contributed by atoms with Crippen LogP contribution in [0, 0.1) is 0 Å². The molecule has 1 atom stereocenters. The minimum Gasteiger partial charge on any atom is -0.342 e. The van der Waals surface area contributed by atoms with Crippen LogP contribution in [0.1, 0.15) is 30.0 Å². The fourth-order valence-corrected chi connectivity index (χ4v) is 3.87. The van der Waals surface area contributed by atoms with Crippen LogP contribution in [0.2, 0.25) is 5.02 Å². The Labute approximate surface area is 168 Å². The Morgan fingerprint density at radius 3 is 2.79 bits per heavy atom. The highest BCUT2D eigenvalue weighted by atomic mass is 35.5. The van der Waals surface area contributed by atoms with Gasteiger partial charge in [-0.3, -0.25) is 4.79 Å². The van der Waals surface area contributed by atoms with Gasteiger partial charge in [0.1, 0.15) is 5.52 Å². The van der Waals surface area contributed by atoms with Crippen LogP contribution in [0.5, 0.6) is 0 Å². The molecule has 0 unspecified atom stereocenters. The zero-order chi connectivity index (χ0) is 19.5. The van der Waals surface area contributed by atoms with Crippen molar-refractivity contribution in [1.29, 1.82) is 0 Å². The zero-order valence-electron chi connectivity index (χ0n) is 15.6. The van der Waals surface area contributed by atoms with Crippen molar-refractivity contribution in [1.82, 2.24) is 24.6 Å². The number of rotatable bonds is 6. The molecule has 3 heterocycles. The number of carbonyl (C=O) groups is 1. The number of halogens is 1. The number of nitrogens with two attached hydrogens (primary N) is 1. The summed E-state index contributed by atoms with van der Waals surface area (Å²) in [5.74, 6) is 0.354. The summed E-state index contributed by atoms with van der Waals surface area (Å²) in [5.41, 5.74) is 9.31. The van der Waals surface area contributed by atoms with Crippen LogP contribution in [-0.4, -0.2) is 50.2 Å². The molecule has 1 aromatic carbocycles. The van der Waals surface area contributed by atoms with Gasteiger partial charge in [-0.25, -0.2) is 14.6 Å². The SMILES string of the molecule is NCCn1nc([C@H]2CCN(C(=O)CCc3ccc(Cl)cc3)C2)c2nccnc21. The molecule has 28 heavy (non-hydrogen) atoms. The minimum absolute atomic E-state index is 0.175. The summed E-state index contributed by atoms with van der Waals surface area (Å²) < 4.78 is 1.82. The van der Waals surface area contributed by atoms with Crippen molar-refractivity contribution in [2.75, 3.05) is 19.6 Å². The largest absolute Gasteiger partial charge is 0.342 e. The molecule has 4 rings (SSSR count). The molecule has 1 aliphatic rings. The first-order valence-electron chi connectivity index (χ1n) is 9.55. The molecule has 0 saturated carbocycles. The summed E-state index contributed by atoms with van der Waals surface area (Å²) in [7, 11) is 0. The van der Waals surface area contributed by atoms with E-state index in [9.17, 15) is 4.79 Å². The summed E-state index contributed by atoms with van der Waals surface area (Å²) in [4.78, 5) is 23.5. The molecule has 1 fully saturated rings. The predicted molar refractivity (Wildman–Crippen MR) is 108 cm³/mol. The van der Waals surface area contributed by atoms with E-state index in [0.717, 1.165) is 41.8 Å². The second-order valence-electron chi connectivity index (χ2n) is 7.08. The Hall–Kier alpha value is -2.51. The molecular weight excluding hydrogens is 376 g/mol. The van der Waals surface area contributed by atoms with Gasteiger partial charge in [0.05, 0.1) is 12.2 Å². The molecule has 8 heteroatoms. The number of hydrogen-bond acceptors (Lipinski definition) is 5. The first kappa shape index (κ1) is 18.8. The smallest absolute Gasteiger partial charge is 0.222 e. The monoisotopic (exact) mass is 398 g/mol. The second kappa shape index (κ2) is 8.24. The molecule has 2 N–H and O–H groups in total. The van der Waals surface area contributed by atoms with Gasteiger partial charge in [0.25, 0.3) is 0 Å². The van der Waals surface area contributed by atoms with Crippen molar-refractivity contribution in [3.63, 3.8) is 0 Å². The number of aryl methyl sites for hydroxylation is 1. The molecule has 0 spiro atoms. The van der Waals surface area contributed by atoms with Crippen molar-refractivity contribution in [3.8, 4) is 0 Å². The fourth-order valence-electron chi connectivity index (χ4n) is 3.75. The quantitative estimate of drug-likeness (QED) is 0.688. The zero-order valence-corrected chi connectivity index (χ0v) is 16.3. The van der Waals surface area contributed by atoms with E-state index in [1.54, 1.807) is 12.4 Å². The number of benzene rings is 1. The van der Waals surface area contributed by atoms with Gasteiger partial charge in [-0.05, 0) is 30.5 Å². The summed E-state index contributed by atoms with van der Waals surface area (Å²) in [6, 6.07) is 7.66. The third-order valence-corrected chi connectivity index (χ3v) is 5.46. The molecule has 1 saturated heterocycles. The lowest BCUT2D eigenvalue weighted by Crippen LogP contribution is -2.28. The Balaban J connectivity index is 1.43. The molecule has 1 amide bonds. The maximum atomic E-state index is 12.7. The maximum absolute atomic E-state index is 12.7. The van der Waals surface area contributed by atoms with Crippen molar-refractivity contribution >= 4 is 28.7 Å². The van der Waals surface area contributed by atoms with Gasteiger partial charge in [-0.15, -0.1) is 0 Å². The lowest BCUT2D eigenvalue weighted by molar-refractivity contribution is -0.130. The average Bonchev–Trinajstić information content (AvgIpc) is 3.33. The van der Waals surface area contributed by atoms with Crippen LogP contribution in [0.25, 0.3) is 11.2 Å². The van der Waals surface area contributed by atoms with Gasteiger partial charge in [0.2, 0.25) is 5.91 Å². The number of carbonyl (C=O) groups excluding carboxylic acids is 1. The standard InChI is InChI=1S/C20H23ClN6O/c21-16-4-1-14(2-5-16)3-6-17(28)26-11-7-15(13-26)18-19-20(24-10-9-23-19)27(25-18)12-8-22/h1-2,4-5,9-10,15H,3,6-8,11-13,22H2/t15-/m0/s1. The van der Waals surface area contributed by atoms with Gasteiger partial charge >= 0.3 is 0 Å². The maximum Gasteiger partial charge on any atom is 0.222 e. The molecule has 7 nitrogen and oxygen atoms in total. The lowest BCUT2D eigenvalue weighted by atomic mass is 10.0. The first-order chi connectivity index (χ1) is 13.7. The van der Waals surface area contributed by atoms with E-state index in [1.165, 1.54) is 0 Å². The van der Waals surface area contributed by atoms with Crippen LogP contribution in [-0.2, 0) is 17.8 Å². The first-order valence-corrected chi connectivity index (χ1v) is 9.93. The molecule has 0 bridgehead atoms. The van der Waals surface area contributed by atoms with Crippen LogP contribution in [0.3, 0.4) is 0 Å². The van der Waals surface area contributed by atoms with Crippen molar-refractivity contribution in [2.24, 2.45) is 5.73 Å². The van der Waals surface area contributed by atoms with Gasteiger partial charge in [-0.1, -0.05) is 23.7 Å². The van der Waals surface area contributed by atoms with Gasteiger partial charge in [-0.2, -0.15) is 5.10 Å². The van der Waals surface area contributed by atoms with E-state index in [2.05, 4.69) is 9.97 Å². The fraction of sp³-hybridized carbons (Fsp3) is 0.400. The van der Waals surface area contributed by atoms with E-state index < -0.39 is 0 Å². The van der Waals surface area contributed by atoms with Crippen LogP contribution in [0.4, 0.5) is 0 Å². The Morgan fingerprint density at radius 1 is 1.21 bits per heavy atom. The van der Waals surface area contributed by atoms with E-state index in [0.29, 0.717) is 31.1 Å². The molecule has 0 aliphatic carbocycles. The number of hydrogen-bond donors (Lipinski definition) is 1. The molecule has 146 valence electrons. The Morgan fingerprint density at radius 2 is 2.00 bits per heavy atom. The molecular formula is C20H23ClN6O. The van der Waals surface area contributed by atoms with E-state index in [4.69, 9.17) is 22.4 Å². The number of nitrogens with zero attached hydrogens (tertiary/aromatic N) is 5. The number of likely N-dealkylation sites (tertiary alicyclic amines) is 1. The molecule has 0 radical (unpaired) electrons. The molecule has 2 aromatic heterocycles. The molecule has 3 aromatic rings. The molecule has 1 aliphatic heterocycles. The van der Waals surface area contributed by atoms with Gasteiger partial charge in [0, 0.05) is 49.4 Å². The van der Waals surface area contributed by atoms with E-state index in [-0.39, 0.29) is 11.8 Å². The number of aromatic nitrogens is 4. The van der Waals surface area contributed by atoms with Crippen molar-refractivity contribution in [2.45, 2.75) is 31.7 Å². The third kappa shape index (κ3) is 3.86. The summed E-state index contributed by atoms with van der Waals surface area (Å²) in [6.07, 6.45) is 5.46. The lowest BCUT2D eigenvalue weighted by Gasteiger charge is -2.16. The van der Waals surface area contributed by atoms with Crippen molar-refractivity contribution < 1.29 is 4.79 Å². The number of amides is 1. The Kier molecular flexibility index (Phi) is 5.54. The number of fused-ring (bicyclic) bond motifs is 1. The van der Waals surface area contributed by atoms with Gasteiger partial charge < -0.3 is 10.6 Å². The van der Waals surface area contributed by atoms with Crippen LogP contribution >= 0.6 is 11.6 Å². The van der Waals surface area contributed by atoms with Crippen molar-refractivity contribution in [3.05, 3.63) is 52.9 Å². The van der Waals surface area contributed by atoms with E-state index >= 15 is 0 Å². The normalized spacial score (nSPS) is 16.8. The minimum atomic E-state index is 0.175. The van der Waals surface area contributed by atoms with Crippen LogP contribution < -0.4 is 5.73 Å². The highest BCUT2D eigenvalue weighted by Crippen LogP contribution is 2.30. The van der Waals surface area contributed by atoms with Crippen LogP contribution in [0.15, 0.2) is 36.7 Å². The average molecular weight is 399 g/mol. The third-order valence-electron chi connectivity index (χ3n) is 5.20. The summed E-state index contributed by atoms with van der Waals surface area (Å²) in [5, 5.41) is 5.43. The summed E-state index contributed by atoms with van der Waals surface area (Å²) in [6.45, 7) is 2.51. The Bertz CT molecular complexity index is 970.